The smallest absolute Gasteiger partial charge is 0.268 e. The molecule has 1 aromatic rings. The summed E-state index contributed by atoms with van der Waals surface area (Å²) < 4.78 is 49.0. The quantitative estimate of drug-likeness (QED) is 0.742. The van der Waals surface area contributed by atoms with Gasteiger partial charge in [0, 0.05) is 3.57 Å². The lowest BCUT2D eigenvalue weighted by Gasteiger charge is -2.13. The highest BCUT2D eigenvalue weighted by atomic mass is 127. The van der Waals surface area contributed by atoms with Crippen LogP contribution in [0, 0.1) is 3.57 Å². The largest absolute Gasteiger partial charge is 0.269 e. The molecular weight excluding hydrogens is 367 g/mol. The number of carbonyl (C=O) groups is 1. The normalized spacial score (nSPS) is 17.6. The van der Waals surface area contributed by atoms with E-state index >= 15 is 0 Å². The van der Waals surface area contributed by atoms with Gasteiger partial charge in [0.15, 0.2) is 0 Å². The summed E-state index contributed by atoms with van der Waals surface area (Å²) in [4.78, 5) is 11.5. The third-order valence-corrected chi connectivity index (χ3v) is 4.73. The van der Waals surface area contributed by atoms with Gasteiger partial charge >= 0.3 is 0 Å². The summed E-state index contributed by atoms with van der Waals surface area (Å²) in [5.74, 6) is -0.892. The van der Waals surface area contributed by atoms with E-state index in [9.17, 15) is 22.0 Å². The van der Waals surface area contributed by atoms with Crippen LogP contribution in [0.4, 0.5) is 8.78 Å². The van der Waals surface area contributed by atoms with Gasteiger partial charge in [-0.2, -0.15) is 0 Å². The molecule has 0 atom stereocenters. The molecule has 1 aromatic carbocycles. The molecule has 0 aromatic heterocycles. The molecule has 0 spiro atoms. The Labute approximate surface area is 110 Å². The van der Waals surface area contributed by atoms with Gasteiger partial charge in [-0.1, -0.05) is 0 Å². The fraction of sp³-hybridized carbons (Fsp3) is 0.222. The SMILES string of the molecule is O=C1c2ccc(I)cc2S(=O)(=O)N1CC(F)F. The summed E-state index contributed by atoms with van der Waals surface area (Å²) in [6.45, 7) is -1.10. The first-order valence-electron chi connectivity index (χ1n) is 4.49. The molecule has 0 saturated carbocycles. The molecule has 92 valence electrons. The molecule has 0 saturated heterocycles. The van der Waals surface area contributed by atoms with E-state index in [1.54, 1.807) is 6.07 Å². The van der Waals surface area contributed by atoms with Gasteiger partial charge in [-0.15, -0.1) is 0 Å². The Kier molecular flexibility index (Phi) is 3.10. The van der Waals surface area contributed by atoms with Gasteiger partial charge in [-0.25, -0.2) is 21.5 Å². The molecule has 4 nitrogen and oxygen atoms in total. The molecule has 8 heteroatoms. The van der Waals surface area contributed by atoms with Crippen LogP contribution in [0.15, 0.2) is 23.1 Å². The molecule has 2 rings (SSSR count). The van der Waals surface area contributed by atoms with Crippen molar-refractivity contribution in [2.45, 2.75) is 11.3 Å². The lowest BCUT2D eigenvalue weighted by molar-refractivity contribution is 0.0746. The molecule has 0 fully saturated rings. The molecule has 1 aliphatic rings. The van der Waals surface area contributed by atoms with Crippen molar-refractivity contribution >= 4 is 38.5 Å². The van der Waals surface area contributed by atoms with E-state index in [0.29, 0.717) is 3.57 Å². The summed E-state index contributed by atoms with van der Waals surface area (Å²) >= 11 is 1.89. The minimum Gasteiger partial charge on any atom is -0.268 e. The number of halogens is 3. The van der Waals surface area contributed by atoms with Crippen LogP contribution in [0.3, 0.4) is 0 Å². The monoisotopic (exact) mass is 373 g/mol. The van der Waals surface area contributed by atoms with Crippen molar-refractivity contribution in [3.05, 3.63) is 27.3 Å². The summed E-state index contributed by atoms with van der Waals surface area (Å²) in [6.07, 6.45) is -2.89. The maximum atomic E-state index is 12.2. The fourth-order valence-corrected chi connectivity index (χ4v) is 3.83. The zero-order valence-corrected chi connectivity index (χ0v) is 11.2. The van der Waals surface area contributed by atoms with Crippen LogP contribution in [0.25, 0.3) is 0 Å². The van der Waals surface area contributed by atoms with Gasteiger partial charge < -0.3 is 0 Å². The van der Waals surface area contributed by atoms with Gasteiger partial charge in [0.1, 0.15) is 4.90 Å². The summed E-state index contributed by atoms with van der Waals surface area (Å²) in [6, 6.07) is 4.19. The average molecular weight is 373 g/mol. The molecule has 0 bridgehead atoms. The standard InChI is InChI=1S/C9H6F2INO3S/c10-8(11)4-13-9(14)6-2-1-5(12)3-7(6)17(13,15)16/h1-3,8H,4H2. The highest BCUT2D eigenvalue weighted by Gasteiger charge is 2.42. The van der Waals surface area contributed by atoms with Crippen LogP contribution < -0.4 is 0 Å². The second-order valence-electron chi connectivity index (χ2n) is 3.37. The fourth-order valence-electron chi connectivity index (χ4n) is 1.55. The number of benzene rings is 1. The first kappa shape index (κ1) is 12.7. The van der Waals surface area contributed by atoms with Crippen LogP contribution in [-0.4, -0.2) is 31.6 Å². The number of amides is 1. The number of carbonyl (C=O) groups excluding carboxylic acids is 1. The van der Waals surface area contributed by atoms with Crippen molar-refractivity contribution in [2.75, 3.05) is 6.54 Å². The molecule has 1 aliphatic heterocycles. The van der Waals surface area contributed by atoms with Gasteiger partial charge in [-0.05, 0) is 40.8 Å². The number of nitrogens with zero attached hydrogens (tertiary/aromatic N) is 1. The number of fused-ring (bicyclic) bond motifs is 1. The summed E-state index contributed by atoms with van der Waals surface area (Å²) in [5.41, 5.74) is -0.0499. The highest BCUT2D eigenvalue weighted by molar-refractivity contribution is 14.1. The number of rotatable bonds is 2. The van der Waals surface area contributed by atoms with Crippen molar-refractivity contribution in [3.8, 4) is 0 Å². The maximum absolute atomic E-state index is 12.2. The van der Waals surface area contributed by atoms with Crippen molar-refractivity contribution < 1.29 is 22.0 Å². The van der Waals surface area contributed by atoms with Crippen LogP contribution in [0.5, 0.6) is 0 Å². The van der Waals surface area contributed by atoms with Gasteiger partial charge in [0.05, 0.1) is 12.1 Å². The van der Waals surface area contributed by atoms with E-state index in [1.807, 2.05) is 22.6 Å². The van der Waals surface area contributed by atoms with E-state index in [-0.39, 0.29) is 14.8 Å². The van der Waals surface area contributed by atoms with Crippen molar-refractivity contribution in [3.63, 3.8) is 0 Å². The molecule has 17 heavy (non-hydrogen) atoms. The third kappa shape index (κ3) is 2.03. The Morgan fingerprint density at radius 1 is 1.35 bits per heavy atom. The maximum Gasteiger partial charge on any atom is 0.269 e. The predicted molar refractivity (Wildman–Crippen MR) is 63.4 cm³/mol. The Morgan fingerprint density at radius 2 is 2.00 bits per heavy atom. The van der Waals surface area contributed by atoms with Crippen LogP contribution in [0.1, 0.15) is 10.4 Å². The Balaban J connectivity index is 2.57. The number of hydrogen-bond donors (Lipinski definition) is 0. The zero-order valence-electron chi connectivity index (χ0n) is 8.23. The third-order valence-electron chi connectivity index (χ3n) is 2.27. The highest BCUT2D eigenvalue weighted by Crippen LogP contribution is 2.31. The number of alkyl halides is 2. The molecule has 1 amide bonds. The van der Waals surface area contributed by atoms with Crippen molar-refractivity contribution in [1.82, 2.24) is 4.31 Å². The van der Waals surface area contributed by atoms with E-state index in [4.69, 9.17) is 0 Å². The minimum atomic E-state index is -4.11. The van der Waals surface area contributed by atoms with Gasteiger partial charge in [0.2, 0.25) is 0 Å². The molecule has 0 radical (unpaired) electrons. The predicted octanol–water partition coefficient (Wildman–Crippen LogP) is 1.70. The Morgan fingerprint density at radius 3 is 2.59 bits per heavy atom. The molecule has 1 heterocycles. The van der Waals surface area contributed by atoms with Crippen molar-refractivity contribution in [1.29, 1.82) is 0 Å². The molecular formula is C9H6F2INO3S. The van der Waals surface area contributed by atoms with Crippen molar-refractivity contribution in [2.24, 2.45) is 0 Å². The minimum absolute atomic E-state index is 0.0499. The second kappa shape index (κ2) is 4.16. The Bertz CT molecular complexity index is 588. The molecule has 0 aliphatic carbocycles. The average Bonchev–Trinajstić information content (AvgIpc) is 2.40. The topological polar surface area (TPSA) is 54.5 Å². The number of hydrogen-bond acceptors (Lipinski definition) is 3. The van der Waals surface area contributed by atoms with E-state index in [2.05, 4.69) is 0 Å². The van der Waals surface area contributed by atoms with E-state index in [1.165, 1.54) is 12.1 Å². The first-order valence-corrected chi connectivity index (χ1v) is 7.00. The van der Waals surface area contributed by atoms with Crippen LogP contribution >= 0.6 is 22.6 Å². The number of sulfonamides is 1. The van der Waals surface area contributed by atoms with Gasteiger partial charge in [0.25, 0.3) is 22.4 Å². The second-order valence-corrected chi connectivity index (χ2v) is 6.45. The lowest BCUT2D eigenvalue weighted by Crippen LogP contribution is -2.34. The van der Waals surface area contributed by atoms with E-state index < -0.39 is 28.9 Å². The first-order chi connectivity index (χ1) is 7.84. The molecule has 0 N–H and O–H groups in total. The van der Waals surface area contributed by atoms with Crippen LogP contribution in [-0.2, 0) is 10.0 Å². The van der Waals surface area contributed by atoms with Gasteiger partial charge in [-0.3, -0.25) is 4.79 Å². The zero-order chi connectivity index (χ0) is 12.8. The van der Waals surface area contributed by atoms with Crippen LogP contribution in [0.2, 0.25) is 0 Å². The lowest BCUT2D eigenvalue weighted by atomic mass is 10.2. The molecule has 0 unspecified atom stereocenters. The summed E-state index contributed by atoms with van der Waals surface area (Å²) in [7, 11) is -4.11. The Hall–Kier alpha value is -0.770. The summed E-state index contributed by atoms with van der Waals surface area (Å²) in [5, 5.41) is 0. The van der Waals surface area contributed by atoms with E-state index in [0.717, 1.165) is 0 Å².